The molecule has 2 rings (SSSR count). The number of nitrogens with zero attached hydrogens (tertiary/aromatic N) is 1. The Balaban J connectivity index is 2.15. The van der Waals surface area contributed by atoms with Crippen molar-refractivity contribution in [3.05, 3.63) is 21.9 Å². The van der Waals surface area contributed by atoms with Crippen LogP contribution in [0.5, 0.6) is 0 Å². The number of anilines is 1. The summed E-state index contributed by atoms with van der Waals surface area (Å²) >= 11 is 9.15. The molecule has 1 aromatic rings. The third kappa shape index (κ3) is 2.21. The largest absolute Gasteiger partial charge is 0.329 e. The van der Waals surface area contributed by atoms with Crippen molar-refractivity contribution in [1.29, 1.82) is 0 Å². The van der Waals surface area contributed by atoms with Crippen molar-refractivity contribution in [3.63, 3.8) is 0 Å². The molecule has 16 heavy (non-hydrogen) atoms. The molecule has 6 heteroatoms. The molecule has 86 valence electrons. The summed E-state index contributed by atoms with van der Waals surface area (Å²) in [6.45, 7) is 0.373. The Bertz CT molecular complexity index is 434. The van der Waals surface area contributed by atoms with Crippen molar-refractivity contribution >= 4 is 39.1 Å². The minimum atomic E-state index is -0.383. The maximum absolute atomic E-state index is 11.9. The topological polar surface area (TPSA) is 68.0 Å². The molecule has 0 bridgehead atoms. The van der Waals surface area contributed by atoms with Crippen LogP contribution in [0, 0.1) is 5.41 Å². The molecule has 0 aliphatic heterocycles. The van der Waals surface area contributed by atoms with E-state index in [9.17, 15) is 4.79 Å². The van der Waals surface area contributed by atoms with Gasteiger partial charge in [0.05, 0.1) is 11.1 Å². The van der Waals surface area contributed by atoms with Gasteiger partial charge in [-0.1, -0.05) is 11.6 Å². The second kappa shape index (κ2) is 4.31. The number of carbonyl (C=O) groups is 1. The lowest BCUT2D eigenvalue weighted by atomic mass is 10.1. The maximum Gasteiger partial charge on any atom is 0.231 e. The predicted molar refractivity (Wildman–Crippen MR) is 66.3 cm³/mol. The molecule has 1 aliphatic rings. The van der Waals surface area contributed by atoms with Crippen LogP contribution in [-0.4, -0.2) is 17.4 Å². The van der Waals surface area contributed by atoms with E-state index < -0.39 is 0 Å². The number of hydrogen-bond donors (Lipinski definition) is 2. The van der Waals surface area contributed by atoms with E-state index >= 15 is 0 Å². The van der Waals surface area contributed by atoms with Gasteiger partial charge in [-0.15, -0.1) is 0 Å². The van der Waals surface area contributed by atoms with Gasteiger partial charge in [0.1, 0.15) is 0 Å². The molecule has 0 spiro atoms. The summed E-state index contributed by atoms with van der Waals surface area (Å²) in [5, 5.41) is 3.04. The van der Waals surface area contributed by atoms with Crippen LogP contribution in [0.25, 0.3) is 0 Å². The summed E-state index contributed by atoms with van der Waals surface area (Å²) in [6.07, 6.45) is 3.26. The minimum Gasteiger partial charge on any atom is -0.329 e. The normalized spacial score (nSPS) is 16.9. The van der Waals surface area contributed by atoms with Crippen LogP contribution in [0.4, 0.5) is 5.69 Å². The highest BCUT2D eigenvalue weighted by atomic mass is 79.9. The molecule has 3 N–H and O–H groups in total. The van der Waals surface area contributed by atoms with E-state index in [0.29, 0.717) is 12.2 Å². The average Bonchev–Trinajstić information content (AvgIpc) is 3.04. The van der Waals surface area contributed by atoms with E-state index in [2.05, 4.69) is 26.2 Å². The summed E-state index contributed by atoms with van der Waals surface area (Å²) in [4.78, 5) is 15.8. The van der Waals surface area contributed by atoms with Gasteiger partial charge in [0.25, 0.3) is 0 Å². The number of amides is 1. The first-order valence-electron chi connectivity index (χ1n) is 4.90. The van der Waals surface area contributed by atoms with Crippen LogP contribution >= 0.6 is 27.5 Å². The first kappa shape index (κ1) is 11.8. The Morgan fingerprint density at radius 3 is 2.94 bits per heavy atom. The molecular formula is C10H11BrClN3O. The van der Waals surface area contributed by atoms with Crippen LogP contribution in [-0.2, 0) is 4.79 Å². The van der Waals surface area contributed by atoms with Crippen LogP contribution in [0.2, 0.25) is 5.15 Å². The second-order valence-electron chi connectivity index (χ2n) is 3.93. The van der Waals surface area contributed by atoms with Gasteiger partial charge < -0.3 is 11.1 Å². The number of aromatic nitrogens is 1. The van der Waals surface area contributed by atoms with E-state index in [1.807, 2.05) is 0 Å². The molecule has 0 aromatic carbocycles. The molecule has 0 radical (unpaired) electrons. The minimum absolute atomic E-state index is 0.0724. The highest BCUT2D eigenvalue weighted by Gasteiger charge is 2.48. The van der Waals surface area contributed by atoms with Gasteiger partial charge in [-0.25, -0.2) is 4.98 Å². The standard InChI is InChI=1S/C10H11BrClN3O/c11-6-3-7(8(12)14-4-6)15-9(16)10(5-13)1-2-10/h3-4H,1-2,5,13H2,(H,15,16). The monoisotopic (exact) mass is 303 g/mol. The van der Waals surface area contributed by atoms with Crippen LogP contribution < -0.4 is 11.1 Å². The van der Waals surface area contributed by atoms with Crippen LogP contribution in [0.1, 0.15) is 12.8 Å². The number of pyridine rings is 1. The third-order valence-electron chi connectivity index (χ3n) is 2.78. The van der Waals surface area contributed by atoms with E-state index in [4.69, 9.17) is 17.3 Å². The molecule has 1 amide bonds. The molecule has 1 aromatic heterocycles. The van der Waals surface area contributed by atoms with Crippen LogP contribution in [0.15, 0.2) is 16.7 Å². The fourth-order valence-electron chi connectivity index (χ4n) is 1.44. The van der Waals surface area contributed by atoms with E-state index in [1.165, 1.54) is 0 Å². The summed E-state index contributed by atoms with van der Waals surface area (Å²) in [5.41, 5.74) is 5.70. The number of nitrogens with one attached hydrogen (secondary N) is 1. The Hall–Kier alpha value is -0.650. The fraction of sp³-hybridized carbons (Fsp3) is 0.400. The lowest BCUT2D eigenvalue weighted by Crippen LogP contribution is -2.31. The van der Waals surface area contributed by atoms with Gasteiger partial charge in [0, 0.05) is 17.2 Å². The number of carbonyl (C=O) groups excluding carboxylic acids is 1. The molecule has 0 saturated heterocycles. The molecule has 1 heterocycles. The maximum atomic E-state index is 11.9. The molecule has 1 saturated carbocycles. The van der Waals surface area contributed by atoms with Gasteiger partial charge >= 0.3 is 0 Å². The molecule has 0 unspecified atom stereocenters. The van der Waals surface area contributed by atoms with E-state index in [0.717, 1.165) is 17.3 Å². The third-order valence-corrected chi connectivity index (χ3v) is 3.51. The number of nitrogens with two attached hydrogens (primary N) is 1. The van der Waals surface area contributed by atoms with Gasteiger partial charge in [0.2, 0.25) is 5.91 Å². The van der Waals surface area contributed by atoms with Gasteiger partial charge in [-0.3, -0.25) is 4.79 Å². The number of rotatable bonds is 3. The van der Waals surface area contributed by atoms with Gasteiger partial charge in [0.15, 0.2) is 5.15 Å². The second-order valence-corrected chi connectivity index (χ2v) is 5.20. The summed E-state index contributed by atoms with van der Waals surface area (Å²) in [5.74, 6) is -0.0724. The molecule has 1 aliphatic carbocycles. The van der Waals surface area contributed by atoms with Gasteiger partial charge in [-0.05, 0) is 34.8 Å². The highest BCUT2D eigenvalue weighted by molar-refractivity contribution is 9.10. The lowest BCUT2D eigenvalue weighted by molar-refractivity contribution is -0.120. The zero-order chi connectivity index (χ0) is 11.8. The summed E-state index contributed by atoms with van der Waals surface area (Å²) in [7, 11) is 0. The van der Waals surface area contributed by atoms with Crippen molar-refractivity contribution in [2.75, 3.05) is 11.9 Å². The van der Waals surface area contributed by atoms with Crippen molar-refractivity contribution in [3.8, 4) is 0 Å². The zero-order valence-electron chi connectivity index (χ0n) is 8.46. The number of hydrogen-bond acceptors (Lipinski definition) is 3. The Kier molecular flexibility index (Phi) is 3.19. The Morgan fingerprint density at radius 2 is 2.38 bits per heavy atom. The van der Waals surface area contributed by atoms with E-state index in [1.54, 1.807) is 12.3 Å². The van der Waals surface area contributed by atoms with E-state index in [-0.39, 0.29) is 16.5 Å². The average molecular weight is 305 g/mol. The summed E-state index contributed by atoms with van der Waals surface area (Å²) in [6, 6.07) is 1.72. The SMILES string of the molecule is NCC1(C(=O)Nc2cc(Br)cnc2Cl)CC1. The Labute approximate surface area is 107 Å². The Morgan fingerprint density at radius 1 is 1.69 bits per heavy atom. The van der Waals surface area contributed by atoms with Crippen molar-refractivity contribution in [2.45, 2.75) is 12.8 Å². The quantitative estimate of drug-likeness (QED) is 0.841. The lowest BCUT2D eigenvalue weighted by Gasteiger charge is -2.13. The first-order chi connectivity index (χ1) is 7.57. The van der Waals surface area contributed by atoms with Crippen molar-refractivity contribution < 1.29 is 4.79 Å². The first-order valence-corrected chi connectivity index (χ1v) is 6.07. The smallest absolute Gasteiger partial charge is 0.231 e. The van der Waals surface area contributed by atoms with Gasteiger partial charge in [-0.2, -0.15) is 0 Å². The number of halogens is 2. The van der Waals surface area contributed by atoms with Crippen molar-refractivity contribution in [2.24, 2.45) is 11.1 Å². The summed E-state index contributed by atoms with van der Waals surface area (Å²) < 4.78 is 0.768. The highest BCUT2D eigenvalue weighted by Crippen LogP contribution is 2.45. The zero-order valence-corrected chi connectivity index (χ0v) is 10.8. The molecule has 4 nitrogen and oxygen atoms in total. The van der Waals surface area contributed by atoms with Crippen LogP contribution in [0.3, 0.4) is 0 Å². The molecular weight excluding hydrogens is 293 g/mol. The molecule has 0 atom stereocenters. The predicted octanol–water partition coefficient (Wildman–Crippen LogP) is 2.17. The fourth-order valence-corrected chi connectivity index (χ4v) is 1.92. The van der Waals surface area contributed by atoms with Crippen molar-refractivity contribution in [1.82, 2.24) is 4.98 Å². The molecule has 1 fully saturated rings.